The van der Waals surface area contributed by atoms with Gasteiger partial charge in [0.05, 0.1) is 18.0 Å². The fourth-order valence-electron chi connectivity index (χ4n) is 2.95. The number of rotatable bonds is 2. The molecular weight excluding hydrogens is 224 g/mol. The number of fused-ring (bicyclic) bond motifs is 2. The second-order valence-corrected chi connectivity index (χ2v) is 4.90. The van der Waals surface area contributed by atoms with E-state index in [4.69, 9.17) is 5.26 Å². The largest absolute Gasteiger partial charge is 0.293 e. The fourth-order valence-corrected chi connectivity index (χ4v) is 2.95. The first-order valence-corrected chi connectivity index (χ1v) is 6.21. The Morgan fingerprint density at radius 1 is 1.33 bits per heavy atom. The van der Waals surface area contributed by atoms with E-state index in [1.807, 2.05) is 24.3 Å². The van der Waals surface area contributed by atoms with Crippen LogP contribution >= 0.6 is 0 Å². The monoisotopic (exact) mass is 238 g/mol. The van der Waals surface area contributed by atoms with Crippen molar-refractivity contribution in [1.82, 2.24) is 4.90 Å². The molecule has 3 nitrogen and oxygen atoms in total. The van der Waals surface area contributed by atoms with Crippen LogP contribution in [0.3, 0.4) is 0 Å². The van der Waals surface area contributed by atoms with E-state index in [1.54, 1.807) is 6.08 Å². The lowest BCUT2D eigenvalue weighted by Crippen LogP contribution is -2.43. The van der Waals surface area contributed by atoms with Gasteiger partial charge in [-0.3, -0.25) is 9.69 Å². The summed E-state index contributed by atoms with van der Waals surface area (Å²) < 4.78 is 0. The molecule has 90 valence electrons. The van der Waals surface area contributed by atoms with Crippen molar-refractivity contribution in [3.8, 4) is 6.07 Å². The Kier molecular flexibility index (Phi) is 2.73. The fraction of sp³-hybridized carbons (Fsp3) is 0.333. The standard InChI is InChI=1S/C15H14N2O/c16-9-12-8-13-6-7-14(18)15(12)17(13)10-11-4-2-1-3-5-11/h1-7,12-13,15H,8,10H2/t12-,13+,15+/m1/s1. The summed E-state index contributed by atoms with van der Waals surface area (Å²) in [5.74, 6) is -0.0903. The minimum absolute atomic E-state index is 0.0752. The van der Waals surface area contributed by atoms with Crippen molar-refractivity contribution < 1.29 is 4.79 Å². The molecule has 0 amide bonds. The van der Waals surface area contributed by atoms with Gasteiger partial charge in [0.15, 0.2) is 5.78 Å². The Hall–Kier alpha value is -1.92. The molecule has 1 saturated heterocycles. The summed E-state index contributed by atoms with van der Waals surface area (Å²) in [6.45, 7) is 0.741. The molecule has 0 spiro atoms. The van der Waals surface area contributed by atoms with Gasteiger partial charge < -0.3 is 0 Å². The molecule has 0 aliphatic carbocycles. The minimum atomic E-state index is -0.245. The molecule has 1 aromatic carbocycles. The van der Waals surface area contributed by atoms with Gasteiger partial charge in [0, 0.05) is 12.6 Å². The number of ketones is 1. The van der Waals surface area contributed by atoms with Crippen molar-refractivity contribution in [3.05, 3.63) is 48.0 Å². The van der Waals surface area contributed by atoms with Gasteiger partial charge in [0.2, 0.25) is 0 Å². The van der Waals surface area contributed by atoms with Crippen LogP contribution in [0.5, 0.6) is 0 Å². The number of nitriles is 1. The van der Waals surface area contributed by atoms with E-state index < -0.39 is 0 Å². The van der Waals surface area contributed by atoms with Crippen molar-refractivity contribution in [2.45, 2.75) is 25.0 Å². The molecule has 3 heteroatoms. The van der Waals surface area contributed by atoms with Crippen LogP contribution in [0.25, 0.3) is 0 Å². The van der Waals surface area contributed by atoms with Gasteiger partial charge in [-0.15, -0.1) is 0 Å². The van der Waals surface area contributed by atoms with Gasteiger partial charge in [0.25, 0.3) is 0 Å². The molecular formula is C15H14N2O. The molecule has 2 heterocycles. The third kappa shape index (κ3) is 1.75. The van der Waals surface area contributed by atoms with Crippen LogP contribution in [0.2, 0.25) is 0 Å². The van der Waals surface area contributed by atoms with Gasteiger partial charge in [-0.05, 0) is 18.1 Å². The molecule has 1 fully saturated rings. The van der Waals surface area contributed by atoms with Crippen LogP contribution in [0, 0.1) is 17.2 Å². The Morgan fingerprint density at radius 3 is 2.83 bits per heavy atom. The minimum Gasteiger partial charge on any atom is -0.293 e. The highest BCUT2D eigenvalue weighted by atomic mass is 16.1. The van der Waals surface area contributed by atoms with E-state index in [1.165, 1.54) is 5.56 Å². The number of carbonyl (C=O) groups is 1. The molecule has 0 radical (unpaired) electrons. The van der Waals surface area contributed by atoms with Crippen LogP contribution in [0.1, 0.15) is 12.0 Å². The number of benzene rings is 1. The Morgan fingerprint density at radius 2 is 2.11 bits per heavy atom. The summed E-state index contributed by atoms with van der Waals surface area (Å²) in [4.78, 5) is 14.1. The molecule has 2 aliphatic rings. The summed E-state index contributed by atoms with van der Waals surface area (Å²) in [7, 11) is 0. The summed E-state index contributed by atoms with van der Waals surface area (Å²) in [6.07, 6.45) is 4.36. The van der Waals surface area contributed by atoms with Crippen molar-refractivity contribution in [2.24, 2.45) is 5.92 Å². The van der Waals surface area contributed by atoms with Crippen LogP contribution in [0.4, 0.5) is 0 Å². The van der Waals surface area contributed by atoms with E-state index >= 15 is 0 Å². The maximum atomic E-state index is 11.9. The molecule has 0 aromatic heterocycles. The number of hydrogen-bond acceptors (Lipinski definition) is 3. The lowest BCUT2D eigenvalue weighted by molar-refractivity contribution is -0.120. The highest BCUT2D eigenvalue weighted by molar-refractivity contribution is 5.96. The summed E-state index contributed by atoms with van der Waals surface area (Å²) in [5, 5.41) is 9.16. The van der Waals surface area contributed by atoms with Gasteiger partial charge in [-0.25, -0.2) is 0 Å². The van der Waals surface area contributed by atoms with Crippen LogP contribution in [0.15, 0.2) is 42.5 Å². The van der Waals surface area contributed by atoms with E-state index in [2.05, 4.69) is 23.1 Å². The first-order valence-electron chi connectivity index (χ1n) is 6.21. The molecule has 1 aromatic rings. The van der Waals surface area contributed by atoms with Gasteiger partial charge in [-0.1, -0.05) is 36.4 Å². The molecule has 2 bridgehead atoms. The summed E-state index contributed by atoms with van der Waals surface area (Å²) in [5.41, 5.74) is 1.19. The molecule has 0 N–H and O–H groups in total. The predicted octanol–water partition coefficient (Wildman–Crippen LogP) is 1.91. The zero-order valence-electron chi connectivity index (χ0n) is 9.99. The molecule has 18 heavy (non-hydrogen) atoms. The lowest BCUT2D eigenvalue weighted by atomic mass is 9.99. The summed E-state index contributed by atoms with van der Waals surface area (Å²) >= 11 is 0. The number of nitrogens with zero attached hydrogens (tertiary/aromatic N) is 2. The molecule has 0 unspecified atom stereocenters. The van der Waals surface area contributed by atoms with Crippen LogP contribution in [-0.4, -0.2) is 22.8 Å². The van der Waals surface area contributed by atoms with E-state index in [0.29, 0.717) is 0 Å². The average molecular weight is 238 g/mol. The third-order valence-corrected chi connectivity index (χ3v) is 3.81. The molecule has 2 aliphatic heterocycles. The number of hydrogen-bond donors (Lipinski definition) is 0. The second kappa shape index (κ2) is 4.40. The second-order valence-electron chi connectivity index (χ2n) is 4.90. The van der Waals surface area contributed by atoms with Crippen LogP contribution in [-0.2, 0) is 11.3 Å². The maximum absolute atomic E-state index is 11.9. The van der Waals surface area contributed by atoms with Crippen molar-refractivity contribution >= 4 is 5.78 Å². The van der Waals surface area contributed by atoms with Gasteiger partial charge in [0.1, 0.15) is 0 Å². The van der Waals surface area contributed by atoms with Crippen molar-refractivity contribution in [3.63, 3.8) is 0 Å². The predicted molar refractivity (Wildman–Crippen MR) is 67.4 cm³/mol. The lowest BCUT2D eigenvalue weighted by Gasteiger charge is -2.30. The topological polar surface area (TPSA) is 44.1 Å². The molecule has 3 atom stereocenters. The van der Waals surface area contributed by atoms with E-state index in [0.717, 1.165) is 13.0 Å². The highest BCUT2D eigenvalue weighted by Crippen LogP contribution is 2.35. The zero-order valence-corrected chi connectivity index (χ0v) is 9.99. The third-order valence-electron chi connectivity index (χ3n) is 3.81. The van der Waals surface area contributed by atoms with Gasteiger partial charge >= 0.3 is 0 Å². The van der Waals surface area contributed by atoms with Crippen molar-refractivity contribution in [1.29, 1.82) is 5.26 Å². The maximum Gasteiger partial charge on any atom is 0.173 e. The SMILES string of the molecule is N#C[C@H]1C[C@@H]2C=CC(=O)[C@H]1N2Cc1ccccc1. The van der Waals surface area contributed by atoms with Gasteiger partial charge in [-0.2, -0.15) is 5.26 Å². The first-order chi connectivity index (χ1) is 8.79. The molecule has 3 rings (SSSR count). The quantitative estimate of drug-likeness (QED) is 0.790. The van der Waals surface area contributed by atoms with E-state index in [9.17, 15) is 4.79 Å². The van der Waals surface area contributed by atoms with Crippen molar-refractivity contribution in [2.75, 3.05) is 0 Å². The van der Waals surface area contributed by atoms with E-state index in [-0.39, 0.29) is 23.8 Å². The Balaban J connectivity index is 1.87. The normalized spacial score (nSPS) is 30.4. The molecule has 0 saturated carbocycles. The smallest absolute Gasteiger partial charge is 0.173 e. The average Bonchev–Trinajstić information content (AvgIpc) is 2.65. The Bertz CT molecular complexity index is 529. The first kappa shape index (κ1) is 11.2. The zero-order chi connectivity index (χ0) is 12.5. The Labute approximate surface area is 106 Å². The summed E-state index contributed by atoms with van der Waals surface area (Å²) in [6, 6.07) is 12.4. The number of carbonyl (C=O) groups excluding carboxylic acids is 1. The highest BCUT2D eigenvalue weighted by Gasteiger charge is 2.45. The van der Waals surface area contributed by atoms with Crippen LogP contribution < -0.4 is 0 Å².